The van der Waals surface area contributed by atoms with Gasteiger partial charge in [-0.05, 0) is 24.1 Å². The molecule has 16 heavy (non-hydrogen) atoms. The van der Waals surface area contributed by atoms with Crippen LogP contribution in [0.25, 0.3) is 0 Å². The maximum atomic E-state index is 9.77. The molecule has 0 aliphatic carbocycles. The molecule has 1 unspecified atom stereocenters. The minimum atomic E-state index is -2.50. The van der Waals surface area contributed by atoms with Crippen molar-refractivity contribution in [2.24, 2.45) is 5.92 Å². The number of hydrogen-bond donors (Lipinski definition) is 1. The number of hydrogen-bond acceptors (Lipinski definition) is 2. The van der Waals surface area contributed by atoms with Gasteiger partial charge < -0.3 is 9.42 Å². The highest BCUT2D eigenvalue weighted by Crippen LogP contribution is 2.47. The molecule has 1 N–H and O–H groups in total. The summed E-state index contributed by atoms with van der Waals surface area (Å²) in [5, 5.41) is 0. The van der Waals surface area contributed by atoms with E-state index in [1.165, 1.54) is 25.7 Å². The van der Waals surface area contributed by atoms with E-state index in [1.807, 2.05) is 13.8 Å². The van der Waals surface area contributed by atoms with Crippen molar-refractivity contribution in [1.82, 2.24) is 0 Å². The Kier molecular flexibility index (Phi) is 8.94. The minimum Gasteiger partial charge on any atom is -0.345 e. The summed E-state index contributed by atoms with van der Waals surface area (Å²) in [4.78, 5) is 9.77. The maximum absolute atomic E-state index is 9.77. The van der Waals surface area contributed by atoms with Crippen molar-refractivity contribution in [2.75, 3.05) is 6.61 Å². The molecule has 98 valence electrons. The summed E-state index contributed by atoms with van der Waals surface area (Å²) in [5.74, 6) is 0.806. The van der Waals surface area contributed by atoms with Gasteiger partial charge in [0.1, 0.15) is 0 Å². The van der Waals surface area contributed by atoms with E-state index >= 15 is 0 Å². The molecule has 0 spiro atoms. The molecule has 0 aliphatic rings. The van der Waals surface area contributed by atoms with Crippen LogP contribution in [0.15, 0.2) is 0 Å². The van der Waals surface area contributed by atoms with E-state index < -0.39 is 6.49 Å². The van der Waals surface area contributed by atoms with Gasteiger partial charge in [0.05, 0.1) is 6.61 Å². The van der Waals surface area contributed by atoms with Gasteiger partial charge in [0, 0.05) is 5.66 Å². The van der Waals surface area contributed by atoms with E-state index in [-0.39, 0.29) is 5.66 Å². The standard InChI is InChI=1S/C12H27O2PS/c1-11(2)9-7-5-6-8-10-14-15(13,16)12(3)4/h11-12H,5-10H2,1-4H3,(H,13,16). The Morgan fingerprint density at radius 1 is 1.06 bits per heavy atom. The van der Waals surface area contributed by atoms with Gasteiger partial charge in [-0.2, -0.15) is 0 Å². The Bertz CT molecular complexity index is 217. The molecule has 0 radical (unpaired) electrons. The zero-order chi connectivity index (χ0) is 12.6. The first-order valence-electron chi connectivity index (χ1n) is 6.33. The second kappa shape index (κ2) is 8.63. The second-order valence-electron chi connectivity index (χ2n) is 5.09. The SMILES string of the molecule is CC(C)CCCCCCOP(O)(=S)C(C)C. The van der Waals surface area contributed by atoms with Crippen LogP contribution in [0, 0.1) is 5.92 Å². The Hall–Kier alpha value is 0.570. The fraction of sp³-hybridized carbons (Fsp3) is 1.00. The molecule has 0 aromatic heterocycles. The first-order chi connectivity index (χ1) is 7.36. The molecule has 0 aromatic rings. The van der Waals surface area contributed by atoms with E-state index in [2.05, 4.69) is 13.8 Å². The second-order valence-corrected chi connectivity index (χ2v) is 9.08. The van der Waals surface area contributed by atoms with Crippen LogP contribution in [0.5, 0.6) is 0 Å². The Balaban J connectivity index is 3.37. The van der Waals surface area contributed by atoms with E-state index in [0.29, 0.717) is 6.61 Å². The largest absolute Gasteiger partial charge is 0.345 e. The molecule has 0 saturated heterocycles. The van der Waals surface area contributed by atoms with Gasteiger partial charge >= 0.3 is 0 Å². The zero-order valence-corrected chi connectivity index (χ0v) is 12.8. The summed E-state index contributed by atoms with van der Waals surface area (Å²) < 4.78 is 5.40. The molecule has 0 aromatic carbocycles. The summed E-state index contributed by atoms with van der Waals surface area (Å²) in [7, 11) is 0. The lowest BCUT2D eigenvalue weighted by molar-refractivity contribution is 0.291. The Labute approximate surface area is 106 Å². The third-order valence-corrected chi connectivity index (χ3v) is 6.04. The summed E-state index contributed by atoms with van der Waals surface area (Å²) in [6, 6.07) is 0. The summed E-state index contributed by atoms with van der Waals surface area (Å²) in [5.41, 5.74) is 0.0726. The van der Waals surface area contributed by atoms with Crippen molar-refractivity contribution >= 4 is 18.3 Å². The lowest BCUT2D eigenvalue weighted by atomic mass is 10.0. The first-order valence-corrected chi connectivity index (χ1v) is 9.07. The molecule has 0 heterocycles. The van der Waals surface area contributed by atoms with Crippen molar-refractivity contribution < 1.29 is 9.42 Å². The fourth-order valence-corrected chi connectivity index (χ4v) is 2.27. The predicted octanol–water partition coefficient (Wildman–Crippen LogP) is 4.32. The lowest BCUT2D eigenvalue weighted by Gasteiger charge is -2.19. The average molecular weight is 266 g/mol. The minimum absolute atomic E-state index is 0.0726. The molecule has 0 aliphatic heterocycles. The van der Waals surface area contributed by atoms with Crippen LogP contribution in [0.3, 0.4) is 0 Å². The maximum Gasteiger partial charge on any atom is 0.188 e. The molecule has 1 atom stereocenters. The summed E-state index contributed by atoms with van der Waals surface area (Å²) in [6.45, 7) is 6.47. The van der Waals surface area contributed by atoms with Crippen LogP contribution >= 0.6 is 6.49 Å². The van der Waals surface area contributed by atoms with Gasteiger partial charge in [0.2, 0.25) is 0 Å². The molecule has 2 nitrogen and oxygen atoms in total. The molecule has 0 amide bonds. The highest BCUT2D eigenvalue weighted by molar-refractivity contribution is 8.09. The zero-order valence-electron chi connectivity index (χ0n) is 11.1. The average Bonchev–Trinajstić information content (AvgIpc) is 2.15. The highest BCUT2D eigenvalue weighted by atomic mass is 32.5. The van der Waals surface area contributed by atoms with Gasteiger partial charge in [0.25, 0.3) is 0 Å². The van der Waals surface area contributed by atoms with E-state index in [0.717, 1.165) is 12.3 Å². The van der Waals surface area contributed by atoms with Gasteiger partial charge in [-0.25, -0.2) is 0 Å². The van der Waals surface area contributed by atoms with Crippen molar-refractivity contribution in [1.29, 1.82) is 0 Å². The van der Waals surface area contributed by atoms with Crippen LogP contribution < -0.4 is 0 Å². The third-order valence-electron chi connectivity index (χ3n) is 2.60. The first kappa shape index (κ1) is 16.6. The van der Waals surface area contributed by atoms with Gasteiger partial charge in [-0.1, -0.05) is 53.4 Å². The predicted molar refractivity (Wildman–Crippen MR) is 75.5 cm³/mol. The van der Waals surface area contributed by atoms with Gasteiger partial charge in [0.15, 0.2) is 6.49 Å². The monoisotopic (exact) mass is 266 g/mol. The molecular formula is C12H27O2PS. The van der Waals surface area contributed by atoms with Crippen LogP contribution in [0.1, 0.15) is 59.8 Å². The molecule has 0 saturated carbocycles. The molecule has 0 bridgehead atoms. The topological polar surface area (TPSA) is 29.5 Å². The van der Waals surface area contributed by atoms with Crippen molar-refractivity contribution in [3.05, 3.63) is 0 Å². The highest BCUT2D eigenvalue weighted by Gasteiger charge is 2.17. The molecular weight excluding hydrogens is 239 g/mol. The van der Waals surface area contributed by atoms with Crippen molar-refractivity contribution in [3.8, 4) is 0 Å². The fourth-order valence-electron chi connectivity index (χ4n) is 1.35. The summed E-state index contributed by atoms with van der Waals surface area (Å²) >= 11 is 5.05. The Morgan fingerprint density at radius 3 is 2.12 bits per heavy atom. The quantitative estimate of drug-likeness (QED) is 0.498. The molecule has 4 heteroatoms. The lowest BCUT2D eigenvalue weighted by Crippen LogP contribution is -2.02. The van der Waals surface area contributed by atoms with E-state index in [4.69, 9.17) is 16.3 Å². The van der Waals surface area contributed by atoms with E-state index in [1.54, 1.807) is 0 Å². The van der Waals surface area contributed by atoms with Crippen LogP contribution in [0.2, 0.25) is 0 Å². The van der Waals surface area contributed by atoms with E-state index in [9.17, 15) is 4.89 Å². The van der Waals surface area contributed by atoms with Crippen molar-refractivity contribution in [3.63, 3.8) is 0 Å². The van der Waals surface area contributed by atoms with Gasteiger partial charge in [-0.3, -0.25) is 0 Å². The number of unbranched alkanes of at least 4 members (excludes halogenated alkanes) is 3. The Morgan fingerprint density at radius 2 is 1.62 bits per heavy atom. The summed E-state index contributed by atoms with van der Waals surface area (Å²) in [6.07, 6.45) is 6.07. The van der Waals surface area contributed by atoms with Crippen LogP contribution in [-0.2, 0) is 16.3 Å². The molecule has 0 rings (SSSR count). The number of rotatable bonds is 9. The van der Waals surface area contributed by atoms with Crippen LogP contribution in [0.4, 0.5) is 0 Å². The van der Waals surface area contributed by atoms with Gasteiger partial charge in [-0.15, -0.1) is 0 Å². The van der Waals surface area contributed by atoms with Crippen molar-refractivity contribution in [2.45, 2.75) is 65.5 Å². The van der Waals surface area contributed by atoms with Crippen LogP contribution in [-0.4, -0.2) is 17.2 Å². The smallest absolute Gasteiger partial charge is 0.188 e. The molecule has 0 fully saturated rings. The normalized spacial score (nSPS) is 15.7. The third kappa shape index (κ3) is 8.69.